The third kappa shape index (κ3) is 4.21. The highest BCUT2D eigenvalue weighted by atomic mass is 19.4. The molecule has 1 aromatic carbocycles. The van der Waals surface area contributed by atoms with Gasteiger partial charge in [0.05, 0.1) is 17.9 Å². The third-order valence-corrected chi connectivity index (χ3v) is 4.15. The molecule has 130 valence electrons. The number of hydrogen-bond acceptors (Lipinski definition) is 3. The Labute approximate surface area is 142 Å². The van der Waals surface area contributed by atoms with E-state index in [0.717, 1.165) is 4.90 Å². The Morgan fingerprint density at radius 1 is 1.28 bits per heavy atom. The zero-order valence-electron chi connectivity index (χ0n) is 13.2. The van der Waals surface area contributed by atoms with Crippen LogP contribution in [0.1, 0.15) is 29.2 Å². The van der Waals surface area contributed by atoms with Gasteiger partial charge in [0.2, 0.25) is 5.91 Å². The van der Waals surface area contributed by atoms with E-state index in [4.69, 9.17) is 9.68 Å². The average molecular weight is 348 g/mol. The van der Waals surface area contributed by atoms with Gasteiger partial charge in [-0.2, -0.15) is 18.4 Å². The summed E-state index contributed by atoms with van der Waals surface area (Å²) in [6.07, 6.45) is -2.50. The number of rotatable bonds is 5. The van der Waals surface area contributed by atoms with E-state index in [-0.39, 0.29) is 12.5 Å². The van der Waals surface area contributed by atoms with Crippen molar-refractivity contribution in [2.75, 3.05) is 6.54 Å². The standard InChI is InChI=1S/C18H15F3N2O2/c19-18(20,21)11-23(10-13-5-3-12(9-22)4-6-13)17(24)15-8-14(15)16-2-1-7-25-16/h1-7,14-15H,8,10-11H2/t14-,15+/m0/s1. The Kier molecular flexibility index (Phi) is 4.53. The molecule has 1 aliphatic carbocycles. The summed E-state index contributed by atoms with van der Waals surface area (Å²) in [4.78, 5) is 13.4. The second-order valence-electron chi connectivity index (χ2n) is 6.08. The maximum absolute atomic E-state index is 12.9. The molecule has 7 heteroatoms. The van der Waals surface area contributed by atoms with Gasteiger partial charge in [0.1, 0.15) is 12.3 Å². The SMILES string of the molecule is N#Cc1ccc(CN(CC(F)(F)F)C(=O)[C@@H]2C[C@@H]2c2ccco2)cc1. The van der Waals surface area contributed by atoms with Gasteiger partial charge in [0.15, 0.2) is 0 Å². The molecule has 1 amide bonds. The minimum absolute atomic E-state index is 0.147. The van der Waals surface area contributed by atoms with Crippen molar-refractivity contribution in [1.82, 2.24) is 4.90 Å². The number of benzene rings is 1. The van der Waals surface area contributed by atoms with Gasteiger partial charge in [-0.3, -0.25) is 4.79 Å². The summed E-state index contributed by atoms with van der Waals surface area (Å²) in [5, 5.41) is 8.78. The van der Waals surface area contributed by atoms with Gasteiger partial charge in [0.25, 0.3) is 0 Å². The molecule has 1 aliphatic rings. The van der Waals surface area contributed by atoms with Gasteiger partial charge in [-0.25, -0.2) is 0 Å². The van der Waals surface area contributed by atoms with Gasteiger partial charge >= 0.3 is 6.18 Å². The van der Waals surface area contributed by atoms with Crippen molar-refractivity contribution in [3.8, 4) is 6.07 Å². The highest BCUT2D eigenvalue weighted by molar-refractivity contribution is 5.83. The molecule has 1 aromatic heterocycles. The molecule has 1 saturated carbocycles. The summed E-state index contributed by atoms with van der Waals surface area (Å²) in [6.45, 7) is -1.45. The molecule has 2 atom stereocenters. The second kappa shape index (κ2) is 6.63. The second-order valence-corrected chi connectivity index (χ2v) is 6.08. The molecular weight excluding hydrogens is 333 g/mol. The highest BCUT2D eigenvalue weighted by Gasteiger charge is 2.48. The van der Waals surface area contributed by atoms with E-state index in [2.05, 4.69) is 0 Å². The van der Waals surface area contributed by atoms with Crippen LogP contribution in [0.3, 0.4) is 0 Å². The molecule has 4 nitrogen and oxygen atoms in total. The van der Waals surface area contributed by atoms with Crippen LogP contribution in [0.2, 0.25) is 0 Å². The van der Waals surface area contributed by atoms with E-state index in [1.54, 1.807) is 24.3 Å². The maximum Gasteiger partial charge on any atom is 0.406 e. The number of hydrogen-bond donors (Lipinski definition) is 0. The predicted octanol–water partition coefficient (Wildman–Crippen LogP) is 3.85. The van der Waals surface area contributed by atoms with Crippen LogP contribution in [0.25, 0.3) is 0 Å². The van der Waals surface area contributed by atoms with Crippen molar-refractivity contribution >= 4 is 5.91 Å². The fourth-order valence-electron chi connectivity index (χ4n) is 2.85. The van der Waals surface area contributed by atoms with E-state index in [1.807, 2.05) is 6.07 Å². The monoisotopic (exact) mass is 348 g/mol. The van der Waals surface area contributed by atoms with Crippen LogP contribution in [-0.2, 0) is 11.3 Å². The summed E-state index contributed by atoms with van der Waals surface area (Å²) in [6, 6.07) is 11.5. The van der Waals surface area contributed by atoms with Crippen LogP contribution < -0.4 is 0 Å². The lowest BCUT2D eigenvalue weighted by molar-refractivity contribution is -0.163. The van der Waals surface area contributed by atoms with Crippen molar-refractivity contribution in [2.24, 2.45) is 5.92 Å². The lowest BCUT2D eigenvalue weighted by Crippen LogP contribution is -2.39. The topological polar surface area (TPSA) is 57.2 Å². The number of nitrogens with zero attached hydrogens (tertiary/aromatic N) is 2. The zero-order valence-corrected chi connectivity index (χ0v) is 13.2. The number of carbonyl (C=O) groups excluding carboxylic acids is 1. The van der Waals surface area contributed by atoms with Gasteiger partial charge in [-0.15, -0.1) is 0 Å². The largest absolute Gasteiger partial charge is 0.469 e. The maximum atomic E-state index is 12.9. The van der Waals surface area contributed by atoms with Crippen LogP contribution in [0, 0.1) is 17.2 Å². The van der Waals surface area contributed by atoms with E-state index < -0.39 is 24.5 Å². The van der Waals surface area contributed by atoms with E-state index >= 15 is 0 Å². The summed E-state index contributed by atoms with van der Waals surface area (Å²) < 4.78 is 43.9. The third-order valence-electron chi connectivity index (χ3n) is 4.15. The van der Waals surface area contributed by atoms with E-state index in [9.17, 15) is 18.0 Å². The van der Waals surface area contributed by atoms with Crippen LogP contribution in [0.5, 0.6) is 0 Å². The number of alkyl halides is 3. The number of carbonyl (C=O) groups is 1. The minimum atomic E-state index is -4.47. The van der Waals surface area contributed by atoms with Gasteiger partial charge in [0, 0.05) is 18.4 Å². The molecule has 1 heterocycles. The van der Waals surface area contributed by atoms with Crippen molar-refractivity contribution < 1.29 is 22.4 Å². The van der Waals surface area contributed by atoms with Gasteiger partial charge in [-0.1, -0.05) is 12.1 Å². The highest BCUT2D eigenvalue weighted by Crippen LogP contribution is 2.48. The number of halogens is 3. The lowest BCUT2D eigenvalue weighted by Gasteiger charge is -2.24. The summed E-state index contributed by atoms with van der Waals surface area (Å²) in [5.74, 6) is -0.530. The minimum Gasteiger partial charge on any atom is -0.469 e. The Hall–Kier alpha value is -2.75. The molecule has 3 rings (SSSR count). The van der Waals surface area contributed by atoms with Crippen LogP contribution in [0.4, 0.5) is 13.2 Å². The van der Waals surface area contributed by atoms with E-state index in [0.29, 0.717) is 23.3 Å². The van der Waals surface area contributed by atoms with Crippen molar-refractivity contribution in [3.05, 3.63) is 59.5 Å². The fourth-order valence-corrected chi connectivity index (χ4v) is 2.85. The first-order valence-corrected chi connectivity index (χ1v) is 7.75. The van der Waals surface area contributed by atoms with Crippen LogP contribution in [0.15, 0.2) is 47.1 Å². The predicted molar refractivity (Wildman–Crippen MR) is 82.2 cm³/mol. The molecule has 0 saturated heterocycles. The Balaban J connectivity index is 1.73. The summed E-state index contributed by atoms with van der Waals surface area (Å²) >= 11 is 0. The first kappa shape index (κ1) is 17.1. The summed E-state index contributed by atoms with van der Waals surface area (Å²) in [7, 11) is 0. The van der Waals surface area contributed by atoms with Gasteiger partial charge in [-0.05, 0) is 36.2 Å². The van der Waals surface area contributed by atoms with Gasteiger partial charge < -0.3 is 9.32 Å². The van der Waals surface area contributed by atoms with Crippen molar-refractivity contribution in [1.29, 1.82) is 5.26 Å². The molecular formula is C18H15F3N2O2. The molecule has 0 spiro atoms. The van der Waals surface area contributed by atoms with Crippen molar-refractivity contribution in [3.63, 3.8) is 0 Å². The first-order chi connectivity index (χ1) is 11.9. The zero-order chi connectivity index (χ0) is 18.0. The number of nitriles is 1. The first-order valence-electron chi connectivity index (χ1n) is 7.75. The molecule has 25 heavy (non-hydrogen) atoms. The Morgan fingerprint density at radius 2 is 2.00 bits per heavy atom. The number of amides is 1. The molecule has 0 bridgehead atoms. The molecule has 1 fully saturated rings. The quantitative estimate of drug-likeness (QED) is 0.825. The van der Waals surface area contributed by atoms with Crippen LogP contribution in [-0.4, -0.2) is 23.5 Å². The molecule has 0 radical (unpaired) electrons. The summed E-state index contributed by atoms with van der Waals surface area (Å²) in [5.41, 5.74) is 0.962. The van der Waals surface area contributed by atoms with E-state index in [1.165, 1.54) is 18.4 Å². The average Bonchev–Trinajstić information content (AvgIpc) is 3.18. The number of furan rings is 1. The Morgan fingerprint density at radius 3 is 2.56 bits per heavy atom. The molecule has 0 aliphatic heterocycles. The van der Waals surface area contributed by atoms with Crippen LogP contribution >= 0.6 is 0 Å². The molecule has 0 N–H and O–H groups in total. The smallest absolute Gasteiger partial charge is 0.406 e. The molecule has 2 aromatic rings. The Bertz CT molecular complexity index is 776. The fraction of sp³-hybridized carbons (Fsp3) is 0.333. The normalized spacial score (nSPS) is 19.3. The molecule has 0 unspecified atom stereocenters. The lowest BCUT2D eigenvalue weighted by atomic mass is 10.1. The van der Waals surface area contributed by atoms with Crippen molar-refractivity contribution in [2.45, 2.75) is 25.1 Å².